The van der Waals surface area contributed by atoms with Crippen molar-refractivity contribution in [1.29, 1.82) is 0 Å². The molecule has 130 valence electrons. The Hall–Kier alpha value is -0.410. The van der Waals surface area contributed by atoms with Crippen molar-refractivity contribution in [1.82, 2.24) is 5.32 Å². The SMILES string of the molecule is CC(C)(CC(=O)O)CC(C)(I)C(=O)NCCOC(C)(C)CO. The molecular weight excluding hydrogens is 401 g/mol. The molecule has 0 aliphatic carbocycles. The van der Waals surface area contributed by atoms with Crippen LogP contribution in [-0.2, 0) is 14.3 Å². The van der Waals surface area contributed by atoms with Gasteiger partial charge in [0.05, 0.1) is 28.7 Å². The smallest absolute Gasteiger partial charge is 0.303 e. The lowest BCUT2D eigenvalue weighted by atomic mass is 9.80. The maximum absolute atomic E-state index is 12.3. The fourth-order valence-corrected chi connectivity index (χ4v) is 3.40. The highest BCUT2D eigenvalue weighted by molar-refractivity contribution is 14.1. The van der Waals surface area contributed by atoms with Crippen molar-refractivity contribution < 1.29 is 24.5 Å². The van der Waals surface area contributed by atoms with Gasteiger partial charge in [-0.25, -0.2) is 0 Å². The van der Waals surface area contributed by atoms with Crippen LogP contribution in [0.2, 0.25) is 0 Å². The number of rotatable bonds is 10. The number of ether oxygens (including phenoxy) is 1. The third kappa shape index (κ3) is 8.89. The first-order chi connectivity index (χ1) is 9.81. The van der Waals surface area contributed by atoms with Crippen LogP contribution < -0.4 is 5.32 Å². The van der Waals surface area contributed by atoms with Crippen molar-refractivity contribution in [3.05, 3.63) is 0 Å². The van der Waals surface area contributed by atoms with E-state index in [9.17, 15) is 9.59 Å². The van der Waals surface area contributed by atoms with E-state index in [1.165, 1.54) is 0 Å². The summed E-state index contributed by atoms with van der Waals surface area (Å²) in [7, 11) is 0. The van der Waals surface area contributed by atoms with Gasteiger partial charge in [-0.05, 0) is 32.6 Å². The molecule has 0 heterocycles. The molecule has 0 radical (unpaired) electrons. The number of amides is 1. The lowest BCUT2D eigenvalue weighted by Crippen LogP contribution is -2.44. The van der Waals surface area contributed by atoms with E-state index in [0.717, 1.165) is 0 Å². The van der Waals surface area contributed by atoms with Gasteiger partial charge in [0.15, 0.2) is 0 Å². The number of hydrogen-bond acceptors (Lipinski definition) is 4. The fourth-order valence-electron chi connectivity index (χ4n) is 2.17. The van der Waals surface area contributed by atoms with Crippen molar-refractivity contribution in [3.63, 3.8) is 0 Å². The van der Waals surface area contributed by atoms with Gasteiger partial charge in [-0.15, -0.1) is 0 Å². The van der Waals surface area contributed by atoms with Crippen LogP contribution in [0.15, 0.2) is 0 Å². The number of nitrogens with one attached hydrogen (secondary N) is 1. The second kappa shape index (κ2) is 8.44. The molecule has 6 nitrogen and oxygen atoms in total. The topological polar surface area (TPSA) is 95.9 Å². The average molecular weight is 429 g/mol. The van der Waals surface area contributed by atoms with Crippen LogP contribution in [0.4, 0.5) is 0 Å². The summed E-state index contributed by atoms with van der Waals surface area (Å²) in [6.07, 6.45) is 0.481. The molecule has 0 aliphatic heterocycles. The summed E-state index contributed by atoms with van der Waals surface area (Å²) in [5, 5.41) is 20.8. The van der Waals surface area contributed by atoms with Gasteiger partial charge >= 0.3 is 5.97 Å². The third-order valence-corrected chi connectivity index (χ3v) is 4.05. The van der Waals surface area contributed by atoms with Crippen LogP contribution in [0.25, 0.3) is 0 Å². The van der Waals surface area contributed by atoms with Gasteiger partial charge in [0.25, 0.3) is 0 Å². The van der Waals surface area contributed by atoms with E-state index < -0.39 is 20.4 Å². The number of alkyl halides is 1. The summed E-state index contributed by atoms with van der Waals surface area (Å²) in [4.78, 5) is 23.1. The van der Waals surface area contributed by atoms with Crippen molar-refractivity contribution in [2.45, 2.75) is 56.5 Å². The Morgan fingerprint density at radius 1 is 1.18 bits per heavy atom. The summed E-state index contributed by atoms with van der Waals surface area (Å²) in [5.41, 5.74) is -1.09. The van der Waals surface area contributed by atoms with Crippen LogP contribution in [0, 0.1) is 5.41 Å². The maximum atomic E-state index is 12.3. The van der Waals surface area contributed by atoms with Gasteiger partial charge in [-0.2, -0.15) is 0 Å². The summed E-state index contributed by atoms with van der Waals surface area (Å²) in [6.45, 7) is 9.60. The van der Waals surface area contributed by atoms with E-state index in [4.69, 9.17) is 14.9 Å². The predicted octanol–water partition coefficient (Wildman–Crippen LogP) is 1.97. The minimum Gasteiger partial charge on any atom is -0.481 e. The molecule has 7 heteroatoms. The predicted molar refractivity (Wildman–Crippen MR) is 93.2 cm³/mol. The molecule has 0 saturated heterocycles. The summed E-state index contributed by atoms with van der Waals surface area (Å²) < 4.78 is 4.76. The Morgan fingerprint density at radius 2 is 1.73 bits per heavy atom. The number of halogens is 1. The molecule has 0 spiro atoms. The lowest BCUT2D eigenvalue weighted by molar-refractivity contribution is -0.139. The zero-order chi connectivity index (χ0) is 17.6. The Kier molecular flexibility index (Phi) is 8.29. The molecule has 0 aliphatic rings. The van der Waals surface area contributed by atoms with Gasteiger partial charge in [-0.3, -0.25) is 9.59 Å². The molecule has 0 saturated carbocycles. The quantitative estimate of drug-likeness (QED) is 0.281. The second-order valence-corrected chi connectivity index (χ2v) is 9.51. The van der Waals surface area contributed by atoms with E-state index in [2.05, 4.69) is 27.9 Å². The summed E-state index contributed by atoms with van der Waals surface area (Å²) >= 11 is 2.06. The summed E-state index contributed by atoms with van der Waals surface area (Å²) in [5.74, 6) is -1.01. The Bertz CT molecular complexity index is 393. The average Bonchev–Trinajstić information content (AvgIpc) is 2.31. The molecular formula is C15H28INO5. The van der Waals surface area contributed by atoms with E-state index in [1.54, 1.807) is 20.8 Å². The van der Waals surface area contributed by atoms with Gasteiger partial charge < -0.3 is 20.3 Å². The number of aliphatic carboxylic acids is 1. The molecule has 0 bridgehead atoms. The Balaban J connectivity index is 4.37. The molecule has 1 unspecified atom stereocenters. The third-order valence-electron chi connectivity index (χ3n) is 3.17. The maximum Gasteiger partial charge on any atom is 0.303 e. The van der Waals surface area contributed by atoms with Crippen molar-refractivity contribution in [2.24, 2.45) is 5.41 Å². The standard InChI is InChI=1S/C15H28INO5/c1-13(2,8-11(19)20)9-15(5,16)12(21)17-6-7-22-14(3,4)10-18/h18H,6-10H2,1-5H3,(H,17,21)(H,19,20). The molecule has 0 fully saturated rings. The largest absolute Gasteiger partial charge is 0.481 e. The van der Waals surface area contributed by atoms with Crippen molar-refractivity contribution >= 4 is 34.5 Å². The number of carboxylic acid groups (broad SMARTS) is 1. The van der Waals surface area contributed by atoms with Gasteiger partial charge in [0.1, 0.15) is 0 Å². The summed E-state index contributed by atoms with van der Waals surface area (Å²) in [6, 6.07) is 0. The monoisotopic (exact) mass is 429 g/mol. The highest BCUT2D eigenvalue weighted by Crippen LogP contribution is 2.36. The number of hydrogen-bond donors (Lipinski definition) is 3. The molecule has 0 aromatic carbocycles. The van der Waals surface area contributed by atoms with E-state index in [-0.39, 0.29) is 18.9 Å². The Labute approximate surface area is 146 Å². The highest BCUT2D eigenvalue weighted by atomic mass is 127. The number of aliphatic hydroxyl groups excluding tert-OH is 1. The molecule has 1 amide bonds. The Morgan fingerprint density at radius 3 is 2.18 bits per heavy atom. The van der Waals surface area contributed by atoms with Gasteiger partial charge in [-0.1, -0.05) is 36.4 Å². The molecule has 0 aromatic rings. The van der Waals surface area contributed by atoms with Crippen LogP contribution in [-0.4, -0.2) is 50.9 Å². The molecule has 22 heavy (non-hydrogen) atoms. The first-order valence-electron chi connectivity index (χ1n) is 7.25. The molecule has 0 rings (SSSR count). The first kappa shape index (κ1) is 21.6. The normalized spacial score (nSPS) is 15.2. The van der Waals surface area contributed by atoms with Crippen LogP contribution >= 0.6 is 22.6 Å². The van der Waals surface area contributed by atoms with Crippen molar-refractivity contribution in [2.75, 3.05) is 19.8 Å². The van der Waals surface area contributed by atoms with Gasteiger partial charge in [0, 0.05) is 6.54 Å². The van der Waals surface area contributed by atoms with Gasteiger partial charge in [0.2, 0.25) is 5.91 Å². The van der Waals surface area contributed by atoms with E-state index in [0.29, 0.717) is 19.6 Å². The van der Waals surface area contributed by atoms with Crippen LogP contribution in [0.3, 0.4) is 0 Å². The molecule has 1 atom stereocenters. The first-order valence-corrected chi connectivity index (χ1v) is 8.33. The zero-order valence-corrected chi connectivity index (χ0v) is 16.2. The van der Waals surface area contributed by atoms with Crippen molar-refractivity contribution in [3.8, 4) is 0 Å². The van der Waals surface area contributed by atoms with Crippen LogP contribution in [0.5, 0.6) is 0 Å². The van der Waals surface area contributed by atoms with Crippen LogP contribution in [0.1, 0.15) is 47.5 Å². The number of aliphatic hydroxyl groups is 1. The van der Waals surface area contributed by atoms with E-state index >= 15 is 0 Å². The second-order valence-electron chi connectivity index (χ2n) is 7.13. The minimum absolute atomic E-state index is 0.0205. The number of carboxylic acids is 1. The number of carbonyl (C=O) groups is 2. The number of carbonyl (C=O) groups excluding carboxylic acids is 1. The fraction of sp³-hybridized carbons (Fsp3) is 0.867. The molecule has 3 N–H and O–H groups in total. The highest BCUT2D eigenvalue weighted by Gasteiger charge is 2.37. The van der Waals surface area contributed by atoms with E-state index in [1.807, 2.05) is 13.8 Å². The zero-order valence-electron chi connectivity index (χ0n) is 14.0. The molecule has 0 aromatic heterocycles. The lowest BCUT2D eigenvalue weighted by Gasteiger charge is -2.31. The minimum atomic E-state index is -0.864.